The van der Waals surface area contributed by atoms with E-state index >= 15 is 0 Å². The van der Waals surface area contributed by atoms with Crippen molar-refractivity contribution in [3.63, 3.8) is 0 Å². The second-order valence-corrected chi connectivity index (χ2v) is 4.21. The number of nitrogens with one attached hydrogen (secondary N) is 1. The van der Waals surface area contributed by atoms with E-state index in [1.54, 1.807) is 12.1 Å². The molecule has 1 aromatic heterocycles. The van der Waals surface area contributed by atoms with Crippen molar-refractivity contribution in [2.75, 3.05) is 11.1 Å². The maximum Gasteiger partial charge on any atom is 0.260 e. The summed E-state index contributed by atoms with van der Waals surface area (Å²) in [7, 11) is 0. The number of carbonyl (C=O) groups excluding carboxylic acids is 1. The summed E-state index contributed by atoms with van der Waals surface area (Å²) < 4.78 is 0. The van der Waals surface area contributed by atoms with Gasteiger partial charge in [-0.1, -0.05) is 23.2 Å². The molecule has 0 saturated heterocycles. The number of hydrogen-bond acceptors (Lipinski definition) is 4. The van der Waals surface area contributed by atoms with Gasteiger partial charge in [0.25, 0.3) is 5.91 Å². The summed E-state index contributed by atoms with van der Waals surface area (Å²) in [4.78, 5) is 19.6. The summed E-state index contributed by atoms with van der Waals surface area (Å²) in [5.74, 6) is -0.343. The molecular weight excluding hydrogens is 275 g/mol. The van der Waals surface area contributed by atoms with Gasteiger partial charge < -0.3 is 5.73 Å². The van der Waals surface area contributed by atoms with Gasteiger partial charge in [-0.15, -0.1) is 0 Å². The molecule has 0 spiro atoms. The molecule has 0 aliphatic rings. The van der Waals surface area contributed by atoms with E-state index in [-0.39, 0.29) is 16.7 Å². The van der Waals surface area contributed by atoms with Crippen LogP contribution in [0.3, 0.4) is 0 Å². The van der Waals surface area contributed by atoms with Crippen molar-refractivity contribution < 1.29 is 4.79 Å². The molecule has 0 saturated carbocycles. The summed E-state index contributed by atoms with van der Waals surface area (Å²) in [6.07, 6.45) is 1.44. The number of anilines is 2. The van der Waals surface area contributed by atoms with Gasteiger partial charge in [-0.05, 0) is 24.3 Å². The van der Waals surface area contributed by atoms with Crippen LogP contribution >= 0.6 is 23.2 Å². The molecular formula is C11H8Cl2N4O. The minimum Gasteiger partial charge on any atom is -0.398 e. The van der Waals surface area contributed by atoms with Crippen LogP contribution in [0, 0.1) is 0 Å². The molecule has 0 aliphatic carbocycles. The van der Waals surface area contributed by atoms with Crippen molar-refractivity contribution in [3.8, 4) is 0 Å². The number of benzene rings is 1. The lowest BCUT2D eigenvalue weighted by atomic mass is 10.1. The summed E-state index contributed by atoms with van der Waals surface area (Å²) in [6, 6.07) is 6.13. The largest absolute Gasteiger partial charge is 0.398 e. The molecule has 0 radical (unpaired) electrons. The first-order chi connectivity index (χ1) is 8.56. The lowest BCUT2D eigenvalue weighted by Gasteiger charge is -2.06. The average Bonchev–Trinajstić information content (AvgIpc) is 2.32. The van der Waals surface area contributed by atoms with Gasteiger partial charge in [-0.3, -0.25) is 10.1 Å². The number of halogens is 2. The fourth-order valence-corrected chi connectivity index (χ4v) is 1.60. The SMILES string of the molecule is Nc1ccc(Cl)cc1C(=O)Nc1nccc(Cl)n1. The van der Waals surface area contributed by atoms with Gasteiger partial charge in [0.05, 0.1) is 5.56 Å². The minimum absolute atomic E-state index is 0.104. The van der Waals surface area contributed by atoms with E-state index in [2.05, 4.69) is 15.3 Å². The maximum absolute atomic E-state index is 11.9. The molecule has 2 rings (SSSR count). The van der Waals surface area contributed by atoms with Crippen LogP contribution in [-0.4, -0.2) is 15.9 Å². The first kappa shape index (κ1) is 12.6. The molecule has 0 bridgehead atoms. The highest BCUT2D eigenvalue weighted by atomic mass is 35.5. The van der Waals surface area contributed by atoms with Crippen molar-refractivity contribution in [2.45, 2.75) is 0 Å². The Kier molecular flexibility index (Phi) is 3.64. The topological polar surface area (TPSA) is 80.9 Å². The van der Waals surface area contributed by atoms with Gasteiger partial charge >= 0.3 is 0 Å². The molecule has 0 atom stereocenters. The van der Waals surface area contributed by atoms with Crippen LogP contribution in [0.4, 0.5) is 11.6 Å². The van der Waals surface area contributed by atoms with Crippen LogP contribution in [0.5, 0.6) is 0 Å². The van der Waals surface area contributed by atoms with Crippen LogP contribution in [0.2, 0.25) is 10.2 Å². The zero-order chi connectivity index (χ0) is 13.1. The fraction of sp³-hybridized carbons (Fsp3) is 0. The second-order valence-electron chi connectivity index (χ2n) is 3.39. The van der Waals surface area contributed by atoms with Gasteiger partial charge in [0.1, 0.15) is 5.15 Å². The summed E-state index contributed by atoms with van der Waals surface area (Å²) in [5.41, 5.74) is 6.26. The normalized spacial score (nSPS) is 10.1. The van der Waals surface area contributed by atoms with Crippen molar-refractivity contribution in [2.24, 2.45) is 0 Å². The molecule has 3 N–H and O–H groups in total. The third-order valence-electron chi connectivity index (χ3n) is 2.11. The van der Waals surface area contributed by atoms with Gasteiger partial charge in [-0.2, -0.15) is 0 Å². The molecule has 1 aromatic carbocycles. The summed E-state index contributed by atoms with van der Waals surface area (Å²) in [6.45, 7) is 0. The van der Waals surface area contributed by atoms with Crippen molar-refractivity contribution in [1.29, 1.82) is 0 Å². The molecule has 0 unspecified atom stereocenters. The molecule has 1 heterocycles. The van der Waals surface area contributed by atoms with Gasteiger partial charge in [0.15, 0.2) is 0 Å². The Morgan fingerprint density at radius 2 is 2.06 bits per heavy atom. The number of nitrogen functional groups attached to an aromatic ring is 1. The minimum atomic E-state index is -0.447. The van der Waals surface area contributed by atoms with Crippen LogP contribution < -0.4 is 11.1 Å². The summed E-state index contributed by atoms with van der Waals surface area (Å²) in [5, 5.41) is 3.14. The van der Waals surface area contributed by atoms with Gasteiger partial charge in [0.2, 0.25) is 5.95 Å². The van der Waals surface area contributed by atoms with E-state index < -0.39 is 5.91 Å². The molecule has 5 nitrogen and oxygen atoms in total. The Morgan fingerprint density at radius 3 is 2.78 bits per heavy atom. The second kappa shape index (κ2) is 5.20. The average molecular weight is 283 g/mol. The highest BCUT2D eigenvalue weighted by Gasteiger charge is 2.12. The number of rotatable bonds is 2. The Labute approximate surface area is 113 Å². The lowest BCUT2D eigenvalue weighted by Crippen LogP contribution is -2.15. The highest BCUT2D eigenvalue weighted by Crippen LogP contribution is 2.18. The lowest BCUT2D eigenvalue weighted by molar-refractivity contribution is 0.102. The van der Waals surface area contributed by atoms with E-state index in [0.29, 0.717) is 10.7 Å². The number of hydrogen-bond donors (Lipinski definition) is 2. The molecule has 0 fully saturated rings. The Morgan fingerprint density at radius 1 is 1.28 bits per heavy atom. The molecule has 1 amide bonds. The quantitative estimate of drug-likeness (QED) is 0.655. The molecule has 0 aliphatic heterocycles. The van der Waals surface area contributed by atoms with Crippen LogP contribution in [-0.2, 0) is 0 Å². The summed E-state index contributed by atoms with van der Waals surface area (Å²) >= 11 is 11.5. The number of nitrogens with zero attached hydrogens (tertiary/aromatic N) is 2. The monoisotopic (exact) mass is 282 g/mol. The van der Waals surface area contributed by atoms with Gasteiger partial charge in [0, 0.05) is 16.9 Å². The Balaban J connectivity index is 2.24. The van der Waals surface area contributed by atoms with Gasteiger partial charge in [-0.25, -0.2) is 9.97 Å². The van der Waals surface area contributed by atoms with E-state index in [0.717, 1.165) is 0 Å². The zero-order valence-corrected chi connectivity index (χ0v) is 10.5. The highest BCUT2D eigenvalue weighted by molar-refractivity contribution is 6.31. The molecule has 92 valence electrons. The van der Waals surface area contributed by atoms with Crippen molar-refractivity contribution in [3.05, 3.63) is 46.2 Å². The first-order valence-corrected chi connectivity index (χ1v) is 5.67. The standard InChI is InChI=1S/C11H8Cl2N4O/c12-6-1-2-8(14)7(5-6)10(18)17-11-15-4-3-9(13)16-11/h1-5H,14H2,(H,15,16,17,18). The third kappa shape index (κ3) is 2.88. The predicted octanol–water partition coefficient (Wildman–Crippen LogP) is 2.62. The molecule has 18 heavy (non-hydrogen) atoms. The number of amides is 1. The third-order valence-corrected chi connectivity index (χ3v) is 2.55. The van der Waals surface area contributed by atoms with Crippen LogP contribution in [0.15, 0.2) is 30.5 Å². The fourth-order valence-electron chi connectivity index (χ4n) is 1.29. The smallest absolute Gasteiger partial charge is 0.260 e. The first-order valence-electron chi connectivity index (χ1n) is 4.91. The van der Waals surface area contributed by atoms with Crippen LogP contribution in [0.1, 0.15) is 10.4 Å². The Bertz CT molecular complexity index is 603. The zero-order valence-electron chi connectivity index (χ0n) is 9.02. The van der Waals surface area contributed by atoms with E-state index in [1.807, 2.05) is 0 Å². The van der Waals surface area contributed by atoms with E-state index in [4.69, 9.17) is 28.9 Å². The number of nitrogens with two attached hydrogens (primary N) is 1. The number of aromatic nitrogens is 2. The van der Waals surface area contributed by atoms with E-state index in [9.17, 15) is 4.79 Å². The van der Waals surface area contributed by atoms with Crippen molar-refractivity contribution >= 4 is 40.7 Å². The molecule has 2 aromatic rings. The van der Waals surface area contributed by atoms with E-state index in [1.165, 1.54) is 18.3 Å². The maximum atomic E-state index is 11.9. The molecule has 7 heteroatoms. The predicted molar refractivity (Wildman–Crippen MR) is 70.9 cm³/mol. The number of carbonyl (C=O) groups is 1. The Hall–Kier alpha value is -1.85. The van der Waals surface area contributed by atoms with Crippen molar-refractivity contribution in [1.82, 2.24) is 9.97 Å². The van der Waals surface area contributed by atoms with Crippen LogP contribution in [0.25, 0.3) is 0 Å².